The number of aromatic nitrogens is 4. The number of hydrogen-bond acceptors (Lipinski definition) is 3. The van der Waals surface area contributed by atoms with Crippen LogP contribution in [0.15, 0.2) is 78.3 Å². The molecule has 0 amide bonds. The molecule has 5 rings (SSSR count). The Morgan fingerprint density at radius 1 is 0.833 bits per heavy atom. The minimum atomic E-state index is 0.716. The summed E-state index contributed by atoms with van der Waals surface area (Å²) in [6, 6.07) is 22.3. The van der Waals surface area contributed by atoms with Crippen LogP contribution in [-0.2, 0) is 0 Å². The normalized spacial score (nSPS) is 11.2. The molecule has 148 valence electrons. The average molecular weight is 431 g/mol. The molecule has 2 aromatic carbocycles. The molecule has 4 nitrogen and oxygen atoms in total. The molecule has 0 aliphatic heterocycles. The SMILES string of the molecule is Cc1ccc(C)n1-c1c(-c2ccc(Cl)cc2)cnn1-c1nc(-c2ccccc2)cs1. The van der Waals surface area contributed by atoms with Crippen molar-refractivity contribution in [3.8, 4) is 33.3 Å². The molecular formula is C24H19ClN4S. The lowest BCUT2D eigenvalue weighted by molar-refractivity contribution is 0.796. The lowest BCUT2D eigenvalue weighted by Crippen LogP contribution is -2.09. The van der Waals surface area contributed by atoms with Crippen LogP contribution in [0.2, 0.25) is 5.02 Å². The van der Waals surface area contributed by atoms with Crippen molar-refractivity contribution in [2.75, 3.05) is 0 Å². The van der Waals surface area contributed by atoms with E-state index in [0.717, 1.165) is 44.7 Å². The number of aryl methyl sites for hydroxylation is 2. The van der Waals surface area contributed by atoms with E-state index in [4.69, 9.17) is 21.7 Å². The molecule has 6 heteroatoms. The molecule has 0 bridgehead atoms. The first-order valence-electron chi connectivity index (χ1n) is 9.62. The van der Waals surface area contributed by atoms with Gasteiger partial charge in [0.1, 0.15) is 0 Å². The molecule has 0 saturated heterocycles. The second-order valence-electron chi connectivity index (χ2n) is 7.13. The maximum Gasteiger partial charge on any atom is 0.212 e. The summed E-state index contributed by atoms with van der Waals surface area (Å²) in [5, 5.41) is 8.36. The van der Waals surface area contributed by atoms with Gasteiger partial charge in [-0.15, -0.1) is 11.3 Å². The highest BCUT2D eigenvalue weighted by Gasteiger charge is 2.20. The Morgan fingerprint density at radius 2 is 1.53 bits per heavy atom. The first-order valence-corrected chi connectivity index (χ1v) is 10.9. The van der Waals surface area contributed by atoms with Crippen molar-refractivity contribution in [3.05, 3.63) is 94.7 Å². The van der Waals surface area contributed by atoms with Crippen molar-refractivity contribution in [2.45, 2.75) is 13.8 Å². The smallest absolute Gasteiger partial charge is 0.212 e. The van der Waals surface area contributed by atoms with Crippen LogP contribution in [-0.4, -0.2) is 19.3 Å². The second-order valence-corrected chi connectivity index (χ2v) is 8.41. The molecule has 0 aliphatic carbocycles. The maximum atomic E-state index is 6.12. The van der Waals surface area contributed by atoms with E-state index in [2.05, 4.69) is 48.1 Å². The topological polar surface area (TPSA) is 35.6 Å². The standard InChI is InChI=1S/C24H19ClN4S/c1-16-8-9-17(2)28(16)23-21(18-10-12-20(25)13-11-18)14-26-29(23)24-27-22(15-30-24)19-6-4-3-5-7-19/h3-15H,1-2H3. The van der Waals surface area contributed by atoms with Crippen LogP contribution in [0.4, 0.5) is 0 Å². The van der Waals surface area contributed by atoms with Gasteiger partial charge in [0.15, 0.2) is 5.82 Å². The van der Waals surface area contributed by atoms with Crippen molar-refractivity contribution >= 4 is 22.9 Å². The number of thiazole rings is 1. The van der Waals surface area contributed by atoms with Gasteiger partial charge in [-0.25, -0.2) is 4.98 Å². The molecule has 0 unspecified atom stereocenters. The van der Waals surface area contributed by atoms with Gasteiger partial charge < -0.3 is 4.57 Å². The highest BCUT2D eigenvalue weighted by atomic mass is 35.5. The molecule has 3 heterocycles. The van der Waals surface area contributed by atoms with Gasteiger partial charge in [0.25, 0.3) is 0 Å². The third kappa shape index (κ3) is 3.26. The first-order chi connectivity index (χ1) is 14.6. The van der Waals surface area contributed by atoms with Crippen LogP contribution in [0.3, 0.4) is 0 Å². The number of benzene rings is 2. The van der Waals surface area contributed by atoms with Crippen LogP contribution >= 0.6 is 22.9 Å². The zero-order chi connectivity index (χ0) is 20.7. The minimum absolute atomic E-state index is 0.716. The molecule has 5 aromatic rings. The minimum Gasteiger partial charge on any atom is -0.302 e. The molecule has 30 heavy (non-hydrogen) atoms. The summed E-state index contributed by atoms with van der Waals surface area (Å²) < 4.78 is 4.15. The van der Waals surface area contributed by atoms with Gasteiger partial charge in [-0.05, 0) is 43.7 Å². The molecule has 0 saturated carbocycles. The van der Waals surface area contributed by atoms with Crippen LogP contribution in [0, 0.1) is 13.8 Å². The third-order valence-corrected chi connectivity index (χ3v) is 6.19. The Hall–Kier alpha value is -3.15. The Morgan fingerprint density at radius 3 is 2.23 bits per heavy atom. The number of halogens is 1. The fourth-order valence-electron chi connectivity index (χ4n) is 3.64. The Labute approximate surface area is 184 Å². The van der Waals surface area contributed by atoms with E-state index in [1.165, 1.54) is 0 Å². The van der Waals surface area contributed by atoms with Gasteiger partial charge in [-0.2, -0.15) is 9.78 Å². The molecule has 0 N–H and O–H groups in total. The van der Waals surface area contributed by atoms with Gasteiger partial charge in [-0.3, -0.25) is 0 Å². The molecule has 0 fully saturated rings. The summed E-state index contributed by atoms with van der Waals surface area (Å²) in [4.78, 5) is 4.89. The highest BCUT2D eigenvalue weighted by Crippen LogP contribution is 2.33. The number of hydrogen-bond donors (Lipinski definition) is 0. The van der Waals surface area contributed by atoms with Crippen molar-refractivity contribution in [3.63, 3.8) is 0 Å². The predicted molar refractivity (Wildman–Crippen MR) is 124 cm³/mol. The van der Waals surface area contributed by atoms with Crippen LogP contribution in [0.25, 0.3) is 33.3 Å². The van der Waals surface area contributed by atoms with Crippen molar-refractivity contribution < 1.29 is 0 Å². The zero-order valence-corrected chi connectivity index (χ0v) is 18.2. The average Bonchev–Trinajstić information content (AvgIpc) is 3.48. The fourth-order valence-corrected chi connectivity index (χ4v) is 4.55. The lowest BCUT2D eigenvalue weighted by Gasteiger charge is -2.13. The van der Waals surface area contributed by atoms with E-state index in [1.54, 1.807) is 11.3 Å². The fraction of sp³-hybridized carbons (Fsp3) is 0.0833. The summed E-state index contributed by atoms with van der Waals surface area (Å²) in [6.07, 6.45) is 1.90. The predicted octanol–water partition coefficient (Wildman–Crippen LogP) is 6.72. The van der Waals surface area contributed by atoms with Crippen LogP contribution in [0.5, 0.6) is 0 Å². The van der Waals surface area contributed by atoms with Crippen LogP contribution < -0.4 is 0 Å². The summed E-state index contributed by atoms with van der Waals surface area (Å²) in [6.45, 7) is 4.21. The molecule has 0 atom stereocenters. The van der Waals surface area contributed by atoms with Gasteiger partial charge in [0.2, 0.25) is 5.13 Å². The summed E-state index contributed by atoms with van der Waals surface area (Å²) in [5.74, 6) is 0.978. The molecule has 0 radical (unpaired) electrons. The molecule has 0 spiro atoms. The van der Waals surface area contributed by atoms with Gasteiger partial charge in [0, 0.05) is 32.9 Å². The van der Waals surface area contributed by atoms with Crippen molar-refractivity contribution in [2.24, 2.45) is 0 Å². The highest BCUT2D eigenvalue weighted by molar-refractivity contribution is 7.12. The van der Waals surface area contributed by atoms with E-state index >= 15 is 0 Å². The monoisotopic (exact) mass is 430 g/mol. The van der Waals surface area contributed by atoms with Crippen molar-refractivity contribution in [1.29, 1.82) is 0 Å². The van der Waals surface area contributed by atoms with Gasteiger partial charge >= 0.3 is 0 Å². The van der Waals surface area contributed by atoms with E-state index in [9.17, 15) is 0 Å². The largest absolute Gasteiger partial charge is 0.302 e. The Kier molecular flexibility index (Phi) is 4.77. The lowest BCUT2D eigenvalue weighted by atomic mass is 10.1. The van der Waals surface area contributed by atoms with E-state index < -0.39 is 0 Å². The Bertz CT molecular complexity index is 1290. The Balaban J connectivity index is 1.70. The van der Waals surface area contributed by atoms with E-state index in [-0.39, 0.29) is 0 Å². The molecular weight excluding hydrogens is 412 g/mol. The van der Waals surface area contributed by atoms with Crippen molar-refractivity contribution in [1.82, 2.24) is 19.3 Å². The van der Waals surface area contributed by atoms with Crippen LogP contribution in [0.1, 0.15) is 11.4 Å². The van der Waals surface area contributed by atoms with Gasteiger partial charge in [0.05, 0.1) is 11.9 Å². The number of nitrogens with zero attached hydrogens (tertiary/aromatic N) is 4. The summed E-state index contributed by atoms with van der Waals surface area (Å²) in [5.41, 5.74) is 6.43. The summed E-state index contributed by atoms with van der Waals surface area (Å²) >= 11 is 7.70. The number of rotatable bonds is 4. The maximum absolute atomic E-state index is 6.12. The summed E-state index contributed by atoms with van der Waals surface area (Å²) in [7, 11) is 0. The molecule has 0 aliphatic rings. The van der Waals surface area contributed by atoms with E-state index in [1.807, 2.05) is 53.3 Å². The van der Waals surface area contributed by atoms with E-state index in [0.29, 0.717) is 5.02 Å². The van der Waals surface area contributed by atoms with Gasteiger partial charge in [-0.1, -0.05) is 54.1 Å². The third-order valence-electron chi connectivity index (χ3n) is 5.12. The quantitative estimate of drug-likeness (QED) is 0.317. The zero-order valence-electron chi connectivity index (χ0n) is 16.6. The molecule has 3 aromatic heterocycles. The second kappa shape index (κ2) is 7.59. The first kappa shape index (κ1) is 18.9.